The van der Waals surface area contributed by atoms with Crippen LogP contribution in [0.5, 0.6) is 11.5 Å². The number of anilines is 1. The molecule has 2 rings (SSSR count). The van der Waals surface area contributed by atoms with E-state index in [4.69, 9.17) is 17.0 Å². The quantitative estimate of drug-likeness (QED) is 0.438. The number of quaternary nitrogens is 1. The summed E-state index contributed by atoms with van der Waals surface area (Å²) >= 11 is 5.31. The molecule has 0 fully saturated rings. The zero-order valence-corrected chi connectivity index (χ0v) is 17.0. The molecule has 28 heavy (non-hydrogen) atoms. The second-order valence-electron chi connectivity index (χ2n) is 6.51. The van der Waals surface area contributed by atoms with Crippen molar-refractivity contribution >= 4 is 23.0 Å². The summed E-state index contributed by atoms with van der Waals surface area (Å²) in [7, 11) is 5.76. The van der Waals surface area contributed by atoms with Crippen molar-refractivity contribution in [1.29, 1.82) is 0 Å². The molecule has 0 spiro atoms. The van der Waals surface area contributed by atoms with Gasteiger partial charge in [0.1, 0.15) is 11.5 Å². The van der Waals surface area contributed by atoms with Crippen molar-refractivity contribution in [2.24, 2.45) is 0 Å². The summed E-state index contributed by atoms with van der Waals surface area (Å²) < 4.78 is 35.4. The van der Waals surface area contributed by atoms with Gasteiger partial charge in [-0.2, -0.15) is 8.78 Å². The standard InChI is InChI=1S/C20H25F2N3O2S/c1-25(2)12-4-11-23-20(28)24-15-7-10-18(27-19(21)22)17(13-15)14-5-8-16(26-3)9-6-14/h5-10,13,19H,4,11-12H2,1-3H3,(H2,23,24,28)/p+1. The highest BCUT2D eigenvalue weighted by Gasteiger charge is 2.13. The molecule has 0 aliphatic carbocycles. The Morgan fingerprint density at radius 2 is 1.86 bits per heavy atom. The summed E-state index contributed by atoms with van der Waals surface area (Å²) in [6.07, 6.45) is 0.989. The predicted molar refractivity (Wildman–Crippen MR) is 112 cm³/mol. The van der Waals surface area contributed by atoms with Gasteiger partial charge in [0.15, 0.2) is 5.11 Å². The lowest BCUT2D eigenvalue weighted by atomic mass is 10.0. The first-order valence-electron chi connectivity index (χ1n) is 8.96. The molecule has 0 aliphatic rings. The van der Waals surface area contributed by atoms with Crippen LogP contribution in [0.4, 0.5) is 14.5 Å². The van der Waals surface area contributed by atoms with Crippen LogP contribution < -0.4 is 25.0 Å². The van der Waals surface area contributed by atoms with Gasteiger partial charge in [-0.25, -0.2) is 0 Å². The highest BCUT2D eigenvalue weighted by molar-refractivity contribution is 7.80. The van der Waals surface area contributed by atoms with Crippen LogP contribution in [-0.2, 0) is 0 Å². The van der Waals surface area contributed by atoms with Crippen molar-refractivity contribution in [3.8, 4) is 22.6 Å². The Bertz CT molecular complexity index is 771. The smallest absolute Gasteiger partial charge is 0.387 e. The largest absolute Gasteiger partial charge is 0.497 e. The fraction of sp³-hybridized carbons (Fsp3) is 0.350. The van der Waals surface area contributed by atoms with E-state index in [0.29, 0.717) is 22.1 Å². The zero-order valence-electron chi connectivity index (χ0n) is 16.2. The van der Waals surface area contributed by atoms with Crippen LogP contribution >= 0.6 is 12.2 Å². The third-order valence-electron chi connectivity index (χ3n) is 3.99. The Labute approximate surface area is 169 Å². The summed E-state index contributed by atoms with van der Waals surface area (Å²) in [5.41, 5.74) is 1.95. The molecule has 2 aromatic rings. The summed E-state index contributed by atoms with van der Waals surface area (Å²) in [5.74, 6) is 0.776. The Kier molecular flexibility index (Phi) is 8.41. The molecule has 0 amide bonds. The van der Waals surface area contributed by atoms with E-state index in [1.165, 1.54) is 11.0 Å². The molecule has 2 aromatic carbocycles. The van der Waals surface area contributed by atoms with Crippen LogP contribution in [-0.4, -0.2) is 46.0 Å². The van der Waals surface area contributed by atoms with E-state index in [9.17, 15) is 8.78 Å². The van der Waals surface area contributed by atoms with Crippen molar-refractivity contribution in [1.82, 2.24) is 5.32 Å². The first-order chi connectivity index (χ1) is 13.4. The van der Waals surface area contributed by atoms with Crippen molar-refractivity contribution < 1.29 is 23.2 Å². The molecule has 3 N–H and O–H groups in total. The average molecular weight is 411 g/mol. The number of hydrogen-bond acceptors (Lipinski definition) is 3. The molecule has 0 saturated heterocycles. The van der Waals surface area contributed by atoms with Gasteiger partial charge < -0.3 is 25.0 Å². The second kappa shape index (κ2) is 10.8. The maximum atomic E-state index is 12.8. The molecule has 0 heterocycles. The number of methoxy groups -OCH3 is 1. The highest BCUT2D eigenvalue weighted by Crippen LogP contribution is 2.34. The van der Waals surface area contributed by atoms with Crippen LogP contribution in [0.1, 0.15) is 6.42 Å². The molecule has 0 bridgehead atoms. The number of halogens is 2. The van der Waals surface area contributed by atoms with Crippen molar-refractivity contribution in [2.45, 2.75) is 13.0 Å². The molecule has 0 aromatic heterocycles. The van der Waals surface area contributed by atoms with Crippen molar-refractivity contribution in [3.63, 3.8) is 0 Å². The molecule has 5 nitrogen and oxygen atoms in total. The Morgan fingerprint density at radius 1 is 1.14 bits per heavy atom. The molecule has 8 heteroatoms. The zero-order chi connectivity index (χ0) is 20.5. The minimum atomic E-state index is -2.91. The number of alkyl halides is 2. The molecule has 0 saturated carbocycles. The molecule has 0 unspecified atom stereocenters. The molecule has 0 radical (unpaired) electrons. The minimum Gasteiger partial charge on any atom is -0.497 e. The minimum absolute atomic E-state index is 0.0959. The molecule has 0 aliphatic heterocycles. The summed E-state index contributed by atoms with van der Waals surface area (Å²) in [5, 5.41) is 6.72. The molecule has 0 atom stereocenters. The lowest BCUT2D eigenvalue weighted by Crippen LogP contribution is -3.05. The monoisotopic (exact) mass is 410 g/mol. The van der Waals surface area contributed by atoms with Gasteiger partial charge in [0.05, 0.1) is 27.7 Å². The van der Waals surface area contributed by atoms with Gasteiger partial charge in [0.25, 0.3) is 0 Å². The van der Waals surface area contributed by atoms with Crippen molar-refractivity contribution in [2.75, 3.05) is 39.6 Å². The summed E-state index contributed by atoms with van der Waals surface area (Å²) in [6.45, 7) is -1.11. The van der Waals surface area contributed by atoms with Gasteiger partial charge in [-0.3, -0.25) is 0 Å². The fourth-order valence-corrected chi connectivity index (χ4v) is 2.84. The van der Waals surface area contributed by atoms with Gasteiger partial charge >= 0.3 is 6.61 Å². The first kappa shape index (κ1) is 21.8. The normalized spacial score (nSPS) is 10.8. The Hall–Kier alpha value is -2.45. The van der Waals surface area contributed by atoms with E-state index in [2.05, 4.69) is 29.5 Å². The maximum absolute atomic E-state index is 12.8. The van der Waals surface area contributed by atoms with Crippen molar-refractivity contribution in [3.05, 3.63) is 42.5 Å². The number of benzene rings is 2. The number of nitrogens with one attached hydrogen (secondary N) is 3. The van der Waals surface area contributed by atoms with Crippen LogP contribution in [0, 0.1) is 0 Å². The van der Waals surface area contributed by atoms with Crippen LogP contribution in [0.3, 0.4) is 0 Å². The van der Waals surface area contributed by atoms with Crippen LogP contribution in [0.15, 0.2) is 42.5 Å². The molecular weight excluding hydrogens is 384 g/mol. The number of rotatable bonds is 9. The summed E-state index contributed by atoms with van der Waals surface area (Å²) in [4.78, 5) is 1.37. The lowest BCUT2D eigenvalue weighted by molar-refractivity contribution is -0.858. The lowest BCUT2D eigenvalue weighted by Gasteiger charge is -2.15. The number of thiocarbonyl (C=S) groups is 1. The van der Waals surface area contributed by atoms with E-state index >= 15 is 0 Å². The van der Waals surface area contributed by atoms with E-state index in [1.807, 2.05) is 0 Å². The van der Waals surface area contributed by atoms with E-state index in [-0.39, 0.29) is 5.75 Å². The highest BCUT2D eigenvalue weighted by atomic mass is 32.1. The van der Waals surface area contributed by atoms with Gasteiger partial charge in [-0.1, -0.05) is 12.1 Å². The SMILES string of the molecule is COc1ccc(-c2cc(NC(=S)NCCC[NH+](C)C)ccc2OC(F)F)cc1. The fourth-order valence-electron chi connectivity index (χ4n) is 2.62. The first-order valence-corrected chi connectivity index (χ1v) is 9.37. The molecular formula is C20H26F2N3O2S+. The summed E-state index contributed by atoms with van der Waals surface area (Å²) in [6, 6.07) is 12.0. The van der Waals surface area contributed by atoms with E-state index in [1.54, 1.807) is 43.5 Å². The van der Waals surface area contributed by atoms with Gasteiger partial charge in [-0.15, -0.1) is 0 Å². The number of hydrogen-bond donors (Lipinski definition) is 3. The van der Waals surface area contributed by atoms with Crippen LogP contribution in [0.25, 0.3) is 11.1 Å². The van der Waals surface area contributed by atoms with Gasteiger partial charge in [0, 0.05) is 24.2 Å². The number of ether oxygens (including phenoxy) is 2. The van der Waals surface area contributed by atoms with Crippen LogP contribution in [0.2, 0.25) is 0 Å². The second-order valence-corrected chi connectivity index (χ2v) is 6.92. The topological polar surface area (TPSA) is 47.0 Å². The average Bonchev–Trinajstić information content (AvgIpc) is 2.66. The van der Waals surface area contributed by atoms with Gasteiger partial charge in [-0.05, 0) is 48.1 Å². The third kappa shape index (κ3) is 6.94. The molecule has 152 valence electrons. The Balaban J connectivity index is 2.14. The van der Waals surface area contributed by atoms with E-state index in [0.717, 1.165) is 25.1 Å². The Morgan fingerprint density at radius 3 is 2.46 bits per heavy atom. The maximum Gasteiger partial charge on any atom is 0.387 e. The predicted octanol–water partition coefficient (Wildman–Crippen LogP) is 2.78. The van der Waals surface area contributed by atoms with E-state index < -0.39 is 6.61 Å². The van der Waals surface area contributed by atoms with Gasteiger partial charge in [0.2, 0.25) is 0 Å². The third-order valence-corrected chi connectivity index (χ3v) is 4.24.